The second kappa shape index (κ2) is 6.59. The summed E-state index contributed by atoms with van der Waals surface area (Å²) in [6.07, 6.45) is 7.00. The lowest BCUT2D eigenvalue weighted by atomic mass is 9.91. The minimum absolute atomic E-state index is 0.736. The minimum atomic E-state index is 0.736. The van der Waals surface area contributed by atoms with Gasteiger partial charge in [-0.25, -0.2) is 0 Å². The molecule has 3 rings (SSSR count). The molecule has 20 heavy (non-hydrogen) atoms. The SMILES string of the molecule is COc1ccc(CN(C2CCCCC2)C2CNC2)cc1. The molecule has 3 heteroatoms. The van der Waals surface area contributed by atoms with Crippen molar-refractivity contribution in [3.63, 3.8) is 0 Å². The first-order valence-electron chi connectivity index (χ1n) is 7.96. The predicted molar refractivity (Wildman–Crippen MR) is 82.1 cm³/mol. The van der Waals surface area contributed by atoms with E-state index in [1.54, 1.807) is 7.11 Å². The van der Waals surface area contributed by atoms with Crippen LogP contribution in [-0.4, -0.2) is 37.2 Å². The van der Waals surface area contributed by atoms with E-state index in [0.717, 1.165) is 37.5 Å². The molecule has 0 amide bonds. The molecule has 1 N–H and O–H groups in total. The monoisotopic (exact) mass is 274 g/mol. The molecule has 0 aromatic heterocycles. The van der Waals surface area contributed by atoms with Crippen molar-refractivity contribution in [1.82, 2.24) is 10.2 Å². The smallest absolute Gasteiger partial charge is 0.118 e. The van der Waals surface area contributed by atoms with Gasteiger partial charge in [0.05, 0.1) is 7.11 Å². The van der Waals surface area contributed by atoms with Gasteiger partial charge >= 0.3 is 0 Å². The van der Waals surface area contributed by atoms with Crippen LogP contribution in [0.15, 0.2) is 24.3 Å². The highest BCUT2D eigenvalue weighted by Crippen LogP contribution is 2.27. The summed E-state index contributed by atoms with van der Waals surface area (Å²) in [6, 6.07) is 10.1. The van der Waals surface area contributed by atoms with Crippen molar-refractivity contribution in [3.8, 4) is 5.75 Å². The summed E-state index contributed by atoms with van der Waals surface area (Å²) in [6.45, 7) is 3.40. The van der Waals surface area contributed by atoms with Gasteiger partial charge in [-0.2, -0.15) is 0 Å². The molecule has 0 atom stereocenters. The molecule has 1 aromatic rings. The molecule has 110 valence electrons. The van der Waals surface area contributed by atoms with Crippen LogP contribution in [0.1, 0.15) is 37.7 Å². The highest BCUT2D eigenvalue weighted by Gasteiger charge is 2.31. The first-order chi connectivity index (χ1) is 9.86. The Hall–Kier alpha value is -1.06. The Morgan fingerprint density at radius 1 is 1.05 bits per heavy atom. The van der Waals surface area contributed by atoms with E-state index < -0.39 is 0 Å². The summed E-state index contributed by atoms with van der Waals surface area (Å²) in [5.41, 5.74) is 1.41. The van der Waals surface area contributed by atoms with Gasteiger partial charge in [-0.15, -0.1) is 0 Å². The van der Waals surface area contributed by atoms with Crippen molar-refractivity contribution in [2.45, 2.75) is 50.7 Å². The number of ether oxygens (including phenoxy) is 1. The van der Waals surface area contributed by atoms with Gasteiger partial charge < -0.3 is 10.1 Å². The minimum Gasteiger partial charge on any atom is -0.497 e. The van der Waals surface area contributed by atoms with Crippen LogP contribution in [0.5, 0.6) is 5.75 Å². The summed E-state index contributed by atoms with van der Waals surface area (Å²) in [5.74, 6) is 0.947. The first-order valence-corrected chi connectivity index (χ1v) is 7.96. The molecule has 1 heterocycles. The average Bonchev–Trinajstić information content (AvgIpc) is 2.46. The number of methoxy groups -OCH3 is 1. The quantitative estimate of drug-likeness (QED) is 0.893. The van der Waals surface area contributed by atoms with E-state index in [1.165, 1.54) is 37.7 Å². The summed E-state index contributed by atoms with van der Waals surface area (Å²) < 4.78 is 5.25. The van der Waals surface area contributed by atoms with E-state index in [4.69, 9.17) is 4.74 Å². The molecule has 3 nitrogen and oxygen atoms in total. The van der Waals surface area contributed by atoms with E-state index >= 15 is 0 Å². The van der Waals surface area contributed by atoms with Gasteiger partial charge in [0.15, 0.2) is 0 Å². The lowest BCUT2D eigenvalue weighted by Gasteiger charge is -2.44. The fourth-order valence-electron chi connectivity index (χ4n) is 3.42. The van der Waals surface area contributed by atoms with E-state index in [0.29, 0.717) is 0 Å². The van der Waals surface area contributed by atoms with Crippen LogP contribution in [0.2, 0.25) is 0 Å². The van der Waals surface area contributed by atoms with Gasteiger partial charge in [0.1, 0.15) is 5.75 Å². The molecule has 1 saturated carbocycles. The lowest BCUT2D eigenvalue weighted by molar-refractivity contribution is 0.0656. The summed E-state index contributed by atoms with van der Waals surface area (Å²) >= 11 is 0. The number of hydrogen-bond acceptors (Lipinski definition) is 3. The Morgan fingerprint density at radius 2 is 1.75 bits per heavy atom. The topological polar surface area (TPSA) is 24.5 Å². The van der Waals surface area contributed by atoms with Crippen molar-refractivity contribution >= 4 is 0 Å². The second-order valence-electron chi connectivity index (χ2n) is 6.12. The van der Waals surface area contributed by atoms with Crippen LogP contribution in [0.4, 0.5) is 0 Å². The number of nitrogens with one attached hydrogen (secondary N) is 1. The van der Waals surface area contributed by atoms with E-state index in [9.17, 15) is 0 Å². The van der Waals surface area contributed by atoms with Crippen LogP contribution in [0.25, 0.3) is 0 Å². The van der Waals surface area contributed by atoms with Crippen molar-refractivity contribution < 1.29 is 4.74 Å². The number of hydrogen-bond donors (Lipinski definition) is 1. The molecule has 0 radical (unpaired) electrons. The predicted octanol–water partition coefficient (Wildman–Crippen LogP) is 2.80. The molecule has 2 fully saturated rings. The molecule has 1 saturated heterocycles. The molecule has 2 aliphatic rings. The highest BCUT2D eigenvalue weighted by atomic mass is 16.5. The summed E-state index contributed by atoms with van der Waals surface area (Å²) in [7, 11) is 1.73. The van der Waals surface area contributed by atoms with Crippen molar-refractivity contribution in [2.75, 3.05) is 20.2 Å². The Labute approximate surface area is 122 Å². The largest absolute Gasteiger partial charge is 0.497 e. The standard InChI is InChI=1S/C17H26N2O/c1-20-17-9-7-14(8-10-17)13-19(16-11-18-12-16)15-5-3-2-4-6-15/h7-10,15-16,18H,2-6,11-13H2,1H3. The van der Waals surface area contributed by atoms with Gasteiger partial charge in [0, 0.05) is 31.7 Å². The fraction of sp³-hybridized carbons (Fsp3) is 0.647. The van der Waals surface area contributed by atoms with Crippen molar-refractivity contribution in [3.05, 3.63) is 29.8 Å². The zero-order valence-corrected chi connectivity index (χ0v) is 12.5. The summed E-state index contributed by atoms with van der Waals surface area (Å²) in [4.78, 5) is 2.75. The molecule has 1 aliphatic carbocycles. The number of nitrogens with zero attached hydrogens (tertiary/aromatic N) is 1. The highest BCUT2D eigenvalue weighted by molar-refractivity contribution is 5.27. The molecular formula is C17H26N2O. The third-order valence-electron chi connectivity index (χ3n) is 4.80. The molecular weight excluding hydrogens is 248 g/mol. The Bertz CT molecular complexity index is 408. The summed E-state index contributed by atoms with van der Waals surface area (Å²) in [5, 5.41) is 3.42. The Morgan fingerprint density at radius 3 is 2.30 bits per heavy atom. The van der Waals surface area contributed by atoms with E-state index in [-0.39, 0.29) is 0 Å². The van der Waals surface area contributed by atoms with Gasteiger partial charge in [0.25, 0.3) is 0 Å². The van der Waals surface area contributed by atoms with Crippen molar-refractivity contribution in [2.24, 2.45) is 0 Å². The second-order valence-corrected chi connectivity index (χ2v) is 6.12. The third kappa shape index (κ3) is 3.15. The van der Waals surface area contributed by atoms with Gasteiger partial charge in [-0.1, -0.05) is 31.4 Å². The lowest BCUT2D eigenvalue weighted by Crippen LogP contribution is -2.59. The van der Waals surface area contributed by atoms with Crippen LogP contribution in [0.3, 0.4) is 0 Å². The number of benzene rings is 1. The zero-order chi connectivity index (χ0) is 13.8. The maximum Gasteiger partial charge on any atom is 0.118 e. The molecule has 0 bridgehead atoms. The Kier molecular flexibility index (Phi) is 4.58. The normalized spacial score (nSPS) is 20.9. The van der Waals surface area contributed by atoms with Gasteiger partial charge in [0.2, 0.25) is 0 Å². The average molecular weight is 274 g/mol. The van der Waals surface area contributed by atoms with Crippen LogP contribution in [-0.2, 0) is 6.54 Å². The molecule has 1 aromatic carbocycles. The van der Waals surface area contributed by atoms with Crippen LogP contribution >= 0.6 is 0 Å². The third-order valence-corrected chi connectivity index (χ3v) is 4.80. The van der Waals surface area contributed by atoms with Crippen molar-refractivity contribution in [1.29, 1.82) is 0 Å². The molecule has 0 unspecified atom stereocenters. The molecule has 1 aliphatic heterocycles. The Balaban J connectivity index is 1.68. The number of rotatable bonds is 5. The maximum absolute atomic E-state index is 5.25. The van der Waals surface area contributed by atoms with E-state index in [2.05, 4.69) is 34.5 Å². The molecule has 0 spiro atoms. The van der Waals surface area contributed by atoms with Crippen LogP contribution in [0, 0.1) is 0 Å². The van der Waals surface area contributed by atoms with Gasteiger partial charge in [-0.05, 0) is 30.5 Å². The van der Waals surface area contributed by atoms with E-state index in [1.807, 2.05) is 0 Å². The van der Waals surface area contributed by atoms with Crippen LogP contribution < -0.4 is 10.1 Å². The van der Waals surface area contributed by atoms with Gasteiger partial charge in [-0.3, -0.25) is 4.90 Å². The first kappa shape index (κ1) is 13.9. The maximum atomic E-state index is 5.25. The zero-order valence-electron chi connectivity index (χ0n) is 12.5. The fourth-order valence-corrected chi connectivity index (χ4v) is 3.42.